The van der Waals surface area contributed by atoms with Crippen molar-refractivity contribution in [2.75, 3.05) is 11.9 Å². The number of hydrogen-bond donors (Lipinski definition) is 3. The van der Waals surface area contributed by atoms with E-state index < -0.39 is 5.91 Å². The number of hydrogen-bond acceptors (Lipinski definition) is 4. The number of nitrogens with two attached hydrogens (primary N) is 1. The van der Waals surface area contributed by atoms with E-state index in [1.165, 1.54) is 12.6 Å². The van der Waals surface area contributed by atoms with E-state index in [0.717, 1.165) is 25.7 Å². The van der Waals surface area contributed by atoms with Gasteiger partial charge in [0.1, 0.15) is 5.82 Å². The van der Waals surface area contributed by atoms with Gasteiger partial charge in [0.05, 0.1) is 17.7 Å². The van der Waals surface area contributed by atoms with E-state index in [-0.39, 0.29) is 12.1 Å². The standard InChI is InChI=1S/C13H19N3O2/c14-12(18)10-4-5-11(15-8-10)16-13(9-17)6-2-1-3-7-13/h4-5,8,17H,1-3,6-7,9H2,(H2,14,18)(H,15,16). The summed E-state index contributed by atoms with van der Waals surface area (Å²) in [5.41, 5.74) is 5.29. The molecule has 5 nitrogen and oxygen atoms in total. The van der Waals surface area contributed by atoms with Crippen LogP contribution in [0, 0.1) is 0 Å². The molecule has 0 aromatic carbocycles. The molecule has 1 aliphatic carbocycles. The molecule has 0 spiro atoms. The van der Waals surface area contributed by atoms with E-state index in [2.05, 4.69) is 10.3 Å². The number of rotatable bonds is 4. The molecule has 1 amide bonds. The quantitative estimate of drug-likeness (QED) is 0.750. The van der Waals surface area contributed by atoms with Crippen LogP contribution in [0.4, 0.5) is 5.82 Å². The van der Waals surface area contributed by atoms with E-state index >= 15 is 0 Å². The number of nitrogens with one attached hydrogen (secondary N) is 1. The predicted octanol–water partition coefficient (Wildman–Crippen LogP) is 1.29. The lowest BCUT2D eigenvalue weighted by molar-refractivity contribution is 0.1000. The highest BCUT2D eigenvalue weighted by molar-refractivity contribution is 5.92. The third kappa shape index (κ3) is 2.79. The van der Waals surface area contributed by atoms with Crippen LogP contribution in [0.15, 0.2) is 18.3 Å². The second-order valence-corrected chi connectivity index (χ2v) is 4.92. The lowest BCUT2D eigenvalue weighted by Crippen LogP contribution is -2.44. The van der Waals surface area contributed by atoms with Crippen LogP contribution in [0.5, 0.6) is 0 Å². The predicted molar refractivity (Wildman–Crippen MR) is 69.3 cm³/mol. The number of aliphatic hydroxyl groups is 1. The van der Waals surface area contributed by atoms with Gasteiger partial charge in [-0.05, 0) is 25.0 Å². The minimum Gasteiger partial charge on any atom is -0.394 e. The average Bonchev–Trinajstić information content (AvgIpc) is 2.40. The van der Waals surface area contributed by atoms with Crippen LogP contribution in [-0.2, 0) is 0 Å². The fourth-order valence-electron chi connectivity index (χ4n) is 2.44. The fourth-order valence-corrected chi connectivity index (χ4v) is 2.44. The van der Waals surface area contributed by atoms with Gasteiger partial charge in [0.15, 0.2) is 0 Å². The Morgan fingerprint density at radius 2 is 2.11 bits per heavy atom. The average molecular weight is 249 g/mol. The van der Waals surface area contributed by atoms with Gasteiger partial charge in [-0.3, -0.25) is 4.79 Å². The first-order valence-electron chi connectivity index (χ1n) is 6.30. The summed E-state index contributed by atoms with van der Waals surface area (Å²) in [6, 6.07) is 3.37. The highest BCUT2D eigenvalue weighted by Crippen LogP contribution is 2.30. The van der Waals surface area contributed by atoms with Crippen LogP contribution < -0.4 is 11.1 Å². The number of aliphatic hydroxyl groups excluding tert-OH is 1. The molecule has 0 saturated heterocycles. The first-order chi connectivity index (χ1) is 8.65. The van der Waals surface area contributed by atoms with Gasteiger partial charge < -0.3 is 16.2 Å². The molecule has 0 unspecified atom stereocenters. The van der Waals surface area contributed by atoms with Crippen LogP contribution >= 0.6 is 0 Å². The van der Waals surface area contributed by atoms with Crippen molar-refractivity contribution in [3.8, 4) is 0 Å². The minimum atomic E-state index is -0.483. The number of aromatic nitrogens is 1. The van der Waals surface area contributed by atoms with Gasteiger partial charge in [-0.1, -0.05) is 19.3 Å². The van der Waals surface area contributed by atoms with Crippen molar-refractivity contribution >= 4 is 11.7 Å². The molecule has 5 heteroatoms. The summed E-state index contributed by atoms with van der Waals surface area (Å²) in [6.45, 7) is 0.103. The van der Waals surface area contributed by atoms with E-state index in [1.54, 1.807) is 12.1 Å². The van der Waals surface area contributed by atoms with Crippen LogP contribution in [-0.4, -0.2) is 28.1 Å². The number of carbonyl (C=O) groups is 1. The van der Waals surface area contributed by atoms with E-state index in [9.17, 15) is 9.90 Å². The van der Waals surface area contributed by atoms with Crippen molar-refractivity contribution in [2.45, 2.75) is 37.6 Å². The van der Waals surface area contributed by atoms with Gasteiger partial charge in [0.25, 0.3) is 0 Å². The van der Waals surface area contributed by atoms with Gasteiger partial charge in [0.2, 0.25) is 5.91 Å². The molecule has 4 N–H and O–H groups in total. The highest BCUT2D eigenvalue weighted by Gasteiger charge is 2.31. The van der Waals surface area contributed by atoms with Gasteiger partial charge in [-0.25, -0.2) is 4.98 Å². The zero-order valence-corrected chi connectivity index (χ0v) is 10.4. The zero-order valence-electron chi connectivity index (χ0n) is 10.4. The smallest absolute Gasteiger partial charge is 0.250 e. The van der Waals surface area contributed by atoms with Crippen LogP contribution in [0.1, 0.15) is 42.5 Å². The Balaban J connectivity index is 2.09. The molecule has 0 atom stereocenters. The van der Waals surface area contributed by atoms with Crippen LogP contribution in [0.25, 0.3) is 0 Å². The molecule has 1 aliphatic rings. The molecular formula is C13H19N3O2. The Hall–Kier alpha value is -1.62. The molecule has 1 heterocycles. The van der Waals surface area contributed by atoms with Crippen LogP contribution in [0.3, 0.4) is 0 Å². The van der Waals surface area contributed by atoms with Crippen molar-refractivity contribution in [2.24, 2.45) is 5.73 Å². The molecule has 98 valence electrons. The van der Waals surface area contributed by atoms with Gasteiger partial charge >= 0.3 is 0 Å². The van der Waals surface area contributed by atoms with Crippen molar-refractivity contribution < 1.29 is 9.90 Å². The van der Waals surface area contributed by atoms with E-state index in [4.69, 9.17) is 5.73 Å². The first-order valence-corrected chi connectivity index (χ1v) is 6.30. The lowest BCUT2D eigenvalue weighted by atomic mass is 9.82. The summed E-state index contributed by atoms with van der Waals surface area (Å²) in [6.07, 6.45) is 6.81. The molecule has 2 rings (SSSR count). The molecule has 1 aromatic rings. The number of anilines is 1. The Morgan fingerprint density at radius 1 is 1.39 bits per heavy atom. The molecular weight excluding hydrogens is 230 g/mol. The number of pyridine rings is 1. The summed E-state index contributed by atoms with van der Waals surface area (Å²) < 4.78 is 0. The lowest BCUT2D eigenvalue weighted by Gasteiger charge is -2.36. The van der Waals surface area contributed by atoms with Crippen LogP contribution in [0.2, 0.25) is 0 Å². The Kier molecular flexibility index (Phi) is 3.81. The third-order valence-electron chi connectivity index (χ3n) is 3.55. The maximum absolute atomic E-state index is 10.9. The summed E-state index contributed by atoms with van der Waals surface area (Å²) in [5, 5.41) is 12.9. The number of amides is 1. The summed E-state index contributed by atoms with van der Waals surface area (Å²) in [5.74, 6) is 0.194. The number of primary amides is 1. The first kappa shape index (κ1) is 12.8. The molecule has 1 saturated carbocycles. The van der Waals surface area contributed by atoms with Gasteiger partial charge in [0, 0.05) is 6.20 Å². The molecule has 1 fully saturated rings. The minimum absolute atomic E-state index is 0.103. The molecule has 1 aromatic heterocycles. The fraction of sp³-hybridized carbons (Fsp3) is 0.538. The SMILES string of the molecule is NC(=O)c1ccc(NC2(CO)CCCCC2)nc1. The van der Waals surface area contributed by atoms with E-state index in [0.29, 0.717) is 11.4 Å². The topological polar surface area (TPSA) is 88.2 Å². The summed E-state index contributed by atoms with van der Waals surface area (Å²) >= 11 is 0. The Labute approximate surface area is 106 Å². The monoisotopic (exact) mass is 249 g/mol. The summed E-state index contributed by atoms with van der Waals surface area (Å²) in [7, 11) is 0. The second-order valence-electron chi connectivity index (χ2n) is 4.92. The van der Waals surface area contributed by atoms with Crippen molar-refractivity contribution in [3.63, 3.8) is 0 Å². The largest absolute Gasteiger partial charge is 0.394 e. The molecule has 0 aliphatic heterocycles. The number of carbonyl (C=O) groups excluding carboxylic acids is 1. The van der Waals surface area contributed by atoms with E-state index in [1.807, 2.05) is 0 Å². The second kappa shape index (κ2) is 5.35. The maximum Gasteiger partial charge on any atom is 0.250 e. The Morgan fingerprint density at radius 3 is 2.61 bits per heavy atom. The molecule has 18 heavy (non-hydrogen) atoms. The maximum atomic E-state index is 10.9. The van der Waals surface area contributed by atoms with Gasteiger partial charge in [-0.2, -0.15) is 0 Å². The number of nitrogens with zero attached hydrogens (tertiary/aromatic N) is 1. The Bertz CT molecular complexity index is 411. The molecule has 0 radical (unpaired) electrons. The van der Waals surface area contributed by atoms with Crippen molar-refractivity contribution in [3.05, 3.63) is 23.9 Å². The molecule has 0 bridgehead atoms. The normalized spacial score (nSPS) is 18.3. The third-order valence-corrected chi connectivity index (χ3v) is 3.55. The highest BCUT2D eigenvalue weighted by atomic mass is 16.3. The van der Waals surface area contributed by atoms with Crippen molar-refractivity contribution in [1.82, 2.24) is 4.98 Å². The zero-order chi connectivity index (χ0) is 13.0. The summed E-state index contributed by atoms with van der Waals surface area (Å²) in [4.78, 5) is 15.1. The van der Waals surface area contributed by atoms with Gasteiger partial charge in [-0.15, -0.1) is 0 Å². The van der Waals surface area contributed by atoms with Crippen molar-refractivity contribution in [1.29, 1.82) is 0 Å².